The molecule has 0 aliphatic carbocycles. The molecule has 0 saturated heterocycles. The summed E-state index contributed by atoms with van der Waals surface area (Å²) in [7, 11) is 0. The fraction of sp³-hybridized carbons (Fsp3) is 0.250. The second-order valence-corrected chi connectivity index (χ2v) is 4.85. The van der Waals surface area contributed by atoms with Crippen molar-refractivity contribution in [2.45, 2.75) is 20.8 Å². The summed E-state index contributed by atoms with van der Waals surface area (Å²) in [6, 6.07) is 10.5. The molecule has 0 aliphatic rings. The summed E-state index contributed by atoms with van der Waals surface area (Å²) in [5, 5.41) is 5.59. The second-order valence-electron chi connectivity index (χ2n) is 4.85. The lowest BCUT2D eigenvalue weighted by Gasteiger charge is -2.10. The highest BCUT2D eigenvalue weighted by molar-refractivity contribution is 6.03. The van der Waals surface area contributed by atoms with Crippen molar-refractivity contribution in [1.29, 1.82) is 0 Å². The van der Waals surface area contributed by atoms with Crippen LogP contribution >= 0.6 is 0 Å². The summed E-state index contributed by atoms with van der Waals surface area (Å²) in [4.78, 5) is 9.40. The minimum absolute atomic E-state index is 0.872. The maximum atomic E-state index is 4.76. The number of aryl methyl sites for hydroxylation is 2. The van der Waals surface area contributed by atoms with E-state index in [1.165, 1.54) is 5.56 Å². The molecule has 0 saturated carbocycles. The number of nitrogens with zero attached hydrogens (tertiary/aromatic N) is 2. The molecular weight excluding hydrogens is 234 g/mol. The van der Waals surface area contributed by atoms with E-state index in [4.69, 9.17) is 4.98 Å². The van der Waals surface area contributed by atoms with E-state index < -0.39 is 0 Å². The van der Waals surface area contributed by atoms with Gasteiger partial charge in [0.15, 0.2) is 0 Å². The minimum Gasteiger partial charge on any atom is -0.370 e. The summed E-state index contributed by atoms with van der Waals surface area (Å²) < 4.78 is 0. The number of aromatic nitrogens is 2. The zero-order chi connectivity index (χ0) is 13.4. The van der Waals surface area contributed by atoms with Crippen molar-refractivity contribution in [2.75, 3.05) is 11.9 Å². The van der Waals surface area contributed by atoms with E-state index in [-0.39, 0.29) is 0 Å². The average molecular weight is 251 g/mol. The van der Waals surface area contributed by atoms with Gasteiger partial charge in [-0.15, -0.1) is 0 Å². The Balaban J connectivity index is 2.38. The van der Waals surface area contributed by atoms with E-state index in [2.05, 4.69) is 48.4 Å². The zero-order valence-corrected chi connectivity index (χ0v) is 11.5. The van der Waals surface area contributed by atoms with Crippen LogP contribution < -0.4 is 5.32 Å². The predicted octanol–water partition coefficient (Wildman–Crippen LogP) is 3.83. The van der Waals surface area contributed by atoms with Gasteiger partial charge in [0.05, 0.1) is 11.0 Å². The van der Waals surface area contributed by atoms with Crippen molar-refractivity contribution in [1.82, 2.24) is 9.97 Å². The van der Waals surface area contributed by atoms with Crippen LogP contribution in [0.5, 0.6) is 0 Å². The summed E-state index contributed by atoms with van der Waals surface area (Å²) in [5.41, 5.74) is 4.15. The van der Waals surface area contributed by atoms with E-state index in [0.29, 0.717) is 0 Å². The topological polar surface area (TPSA) is 37.8 Å². The van der Waals surface area contributed by atoms with Crippen molar-refractivity contribution in [3.8, 4) is 0 Å². The lowest BCUT2D eigenvalue weighted by atomic mass is 10.1. The molecule has 19 heavy (non-hydrogen) atoms. The molecule has 0 bridgehead atoms. The van der Waals surface area contributed by atoms with Gasteiger partial charge in [0, 0.05) is 23.0 Å². The van der Waals surface area contributed by atoms with Crippen LogP contribution in [0.2, 0.25) is 0 Å². The number of anilines is 1. The van der Waals surface area contributed by atoms with Gasteiger partial charge in [-0.25, -0.2) is 4.98 Å². The van der Waals surface area contributed by atoms with Crippen LogP contribution in [-0.4, -0.2) is 16.5 Å². The quantitative estimate of drug-likeness (QED) is 0.703. The average Bonchev–Trinajstić information content (AvgIpc) is 2.40. The Kier molecular flexibility index (Phi) is 2.82. The molecule has 0 amide bonds. The number of rotatable bonds is 2. The lowest BCUT2D eigenvalue weighted by Crippen LogP contribution is -2.02. The summed E-state index contributed by atoms with van der Waals surface area (Å²) in [6.07, 6.45) is 0. The first-order valence-electron chi connectivity index (χ1n) is 6.60. The molecule has 0 atom stereocenters. The maximum absolute atomic E-state index is 4.76. The molecule has 2 aromatic heterocycles. The standard InChI is InChI=1S/C16H17N3/c1-4-17-16-10(2)9-13-8-7-12-6-5-11(3)18-14(12)15(13)19-16/h5-9H,4H2,1-3H3,(H,17,19). The van der Waals surface area contributed by atoms with Crippen LogP contribution in [0.4, 0.5) is 5.82 Å². The minimum atomic E-state index is 0.872. The van der Waals surface area contributed by atoms with Crippen molar-refractivity contribution in [2.24, 2.45) is 0 Å². The van der Waals surface area contributed by atoms with Gasteiger partial charge in [-0.3, -0.25) is 4.98 Å². The van der Waals surface area contributed by atoms with Crippen LogP contribution in [0, 0.1) is 13.8 Å². The van der Waals surface area contributed by atoms with E-state index in [1.54, 1.807) is 0 Å². The monoisotopic (exact) mass is 251 g/mol. The Morgan fingerprint density at radius 1 is 0.947 bits per heavy atom. The molecule has 0 fully saturated rings. The summed E-state index contributed by atoms with van der Waals surface area (Å²) in [5.74, 6) is 0.950. The van der Waals surface area contributed by atoms with Gasteiger partial charge in [-0.05, 0) is 38.5 Å². The molecular formula is C16H17N3. The van der Waals surface area contributed by atoms with Gasteiger partial charge < -0.3 is 5.32 Å². The van der Waals surface area contributed by atoms with Crippen molar-refractivity contribution < 1.29 is 0 Å². The van der Waals surface area contributed by atoms with Gasteiger partial charge in [0.25, 0.3) is 0 Å². The van der Waals surface area contributed by atoms with Crippen LogP contribution in [0.3, 0.4) is 0 Å². The van der Waals surface area contributed by atoms with Crippen molar-refractivity contribution in [3.05, 3.63) is 41.6 Å². The van der Waals surface area contributed by atoms with Crippen LogP contribution in [0.25, 0.3) is 21.8 Å². The molecule has 3 aromatic rings. The smallest absolute Gasteiger partial charge is 0.129 e. The lowest BCUT2D eigenvalue weighted by molar-refractivity contribution is 1.16. The molecule has 3 rings (SSSR count). The molecule has 3 heteroatoms. The molecule has 3 nitrogen and oxygen atoms in total. The Morgan fingerprint density at radius 3 is 2.42 bits per heavy atom. The summed E-state index contributed by atoms with van der Waals surface area (Å²) >= 11 is 0. The first kappa shape index (κ1) is 11.9. The molecule has 2 heterocycles. The Bertz CT molecular complexity index is 763. The molecule has 0 spiro atoms. The third kappa shape index (κ3) is 2.01. The van der Waals surface area contributed by atoms with Crippen molar-refractivity contribution in [3.63, 3.8) is 0 Å². The van der Waals surface area contributed by atoms with E-state index in [9.17, 15) is 0 Å². The number of hydrogen-bond acceptors (Lipinski definition) is 3. The highest BCUT2D eigenvalue weighted by atomic mass is 15.0. The van der Waals surface area contributed by atoms with E-state index in [0.717, 1.165) is 39.9 Å². The van der Waals surface area contributed by atoms with Gasteiger partial charge in [-0.1, -0.05) is 18.2 Å². The Morgan fingerprint density at radius 2 is 1.63 bits per heavy atom. The molecule has 96 valence electrons. The highest BCUT2D eigenvalue weighted by Crippen LogP contribution is 2.26. The normalized spacial score (nSPS) is 11.1. The van der Waals surface area contributed by atoms with Gasteiger partial charge in [0.2, 0.25) is 0 Å². The van der Waals surface area contributed by atoms with Gasteiger partial charge in [0.1, 0.15) is 5.82 Å². The number of hydrogen-bond donors (Lipinski definition) is 1. The number of benzene rings is 1. The van der Waals surface area contributed by atoms with Crippen LogP contribution in [-0.2, 0) is 0 Å². The Labute approximate surface area is 112 Å². The third-order valence-corrected chi connectivity index (χ3v) is 3.32. The predicted molar refractivity (Wildman–Crippen MR) is 80.7 cm³/mol. The van der Waals surface area contributed by atoms with Crippen molar-refractivity contribution >= 4 is 27.6 Å². The van der Waals surface area contributed by atoms with Crippen LogP contribution in [0.15, 0.2) is 30.3 Å². The zero-order valence-electron chi connectivity index (χ0n) is 11.5. The second kappa shape index (κ2) is 4.50. The van der Waals surface area contributed by atoms with Gasteiger partial charge >= 0.3 is 0 Å². The number of nitrogens with one attached hydrogen (secondary N) is 1. The molecule has 0 unspecified atom stereocenters. The van der Waals surface area contributed by atoms with E-state index in [1.807, 2.05) is 13.0 Å². The first-order chi connectivity index (χ1) is 9.19. The first-order valence-corrected chi connectivity index (χ1v) is 6.60. The molecule has 1 N–H and O–H groups in total. The Hall–Kier alpha value is -2.16. The largest absolute Gasteiger partial charge is 0.370 e. The molecule has 0 aliphatic heterocycles. The molecule has 1 aromatic carbocycles. The van der Waals surface area contributed by atoms with Gasteiger partial charge in [-0.2, -0.15) is 0 Å². The summed E-state index contributed by atoms with van der Waals surface area (Å²) in [6.45, 7) is 7.04. The third-order valence-electron chi connectivity index (χ3n) is 3.32. The fourth-order valence-corrected chi connectivity index (χ4v) is 2.37. The van der Waals surface area contributed by atoms with E-state index >= 15 is 0 Å². The SMILES string of the molecule is CCNc1nc2c(ccc3ccc(C)nc32)cc1C. The number of fused-ring (bicyclic) bond motifs is 3. The molecule has 0 radical (unpaired) electrons. The fourth-order valence-electron chi connectivity index (χ4n) is 2.37. The highest BCUT2D eigenvalue weighted by Gasteiger charge is 2.07. The number of pyridine rings is 2. The maximum Gasteiger partial charge on any atom is 0.129 e. The van der Waals surface area contributed by atoms with Crippen LogP contribution in [0.1, 0.15) is 18.2 Å².